The second kappa shape index (κ2) is 7.27. The van der Waals surface area contributed by atoms with Gasteiger partial charge in [-0.15, -0.1) is 11.3 Å². The van der Waals surface area contributed by atoms with E-state index in [-0.39, 0.29) is 18.1 Å². The summed E-state index contributed by atoms with van der Waals surface area (Å²) in [5.41, 5.74) is 3.08. The molecule has 0 spiro atoms. The average Bonchev–Trinajstić information content (AvgIpc) is 3.10. The van der Waals surface area contributed by atoms with Crippen LogP contribution in [0.1, 0.15) is 51.1 Å². The second-order valence-electron chi connectivity index (χ2n) is 7.12. The molecule has 3 aromatic rings. The maximum atomic E-state index is 12.5. The Balaban J connectivity index is 1.50. The fourth-order valence-electron chi connectivity index (χ4n) is 3.64. The number of thiophene rings is 1. The number of ether oxygens (including phenoxy) is 1. The smallest absolute Gasteiger partial charge is 0.348 e. The number of hydrogen-bond donors (Lipinski definition) is 0. The Hall–Kier alpha value is -2.47. The number of hydrogen-bond acceptors (Lipinski definition) is 5. The van der Waals surface area contributed by atoms with Crippen molar-refractivity contribution < 1.29 is 9.53 Å². The highest BCUT2D eigenvalue weighted by molar-refractivity contribution is 7.14. The third-order valence-electron chi connectivity index (χ3n) is 5.25. The Morgan fingerprint density at radius 1 is 1.41 bits per heavy atom. The van der Waals surface area contributed by atoms with Gasteiger partial charge in [-0.1, -0.05) is 19.4 Å². The molecule has 1 atom stereocenters. The van der Waals surface area contributed by atoms with Gasteiger partial charge in [0.25, 0.3) is 5.56 Å². The molecule has 140 valence electrons. The van der Waals surface area contributed by atoms with Crippen LogP contribution in [-0.2, 0) is 24.2 Å². The molecule has 0 saturated carbocycles. The zero-order valence-electron chi connectivity index (χ0n) is 15.5. The van der Waals surface area contributed by atoms with Crippen LogP contribution in [0.15, 0.2) is 35.3 Å². The molecule has 0 aliphatic heterocycles. The summed E-state index contributed by atoms with van der Waals surface area (Å²) in [5, 5.41) is 0. The van der Waals surface area contributed by atoms with Gasteiger partial charge in [0.05, 0.1) is 5.69 Å². The zero-order valence-corrected chi connectivity index (χ0v) is 16.3. The zero-order chi connectivity index (χ0) is 19.0. The van der Waals surface area contributed by atoms with Crippen molar-refractivity contribution in [2.45, 2.75) is 46.1 Å². The molecule has 0 fully saturated rings. The van der Waals surface area contributed by atoms with Crippen LogP contribution < -0.4 is 5.56 Å². The van der Waals surface area contributed by atoms with E-state index in [0.29, 0.717) is 22.1 Å². The maximum Gasteiger partial charge on any atom is 0.348 e. The Morgan fingerprint density at radius 3 is 3.07 bits per heavy atom. The molecule has 1 unspecified atom stereocenters. The maximum absolute atomic E-state index is 12.5. The van der Waals surface area contributed by atoms with E-state index in [9.17, 15) is 9.59 Å². The minimum atomic E-state index is -0.339. The average molecular weight is 382 g/mol. The number of aryl methyl sites for hydroxylation is 2. The Morgan fingerprint density at radius 2 is 2.26 bits per heavy atom. The summed E-state index contributed by atoms with van der Waals surface area (Å²) in [6, 6.07) is 7.12. The van der Waals surface area contributed by atoms with Crippen molar-refractivity contribution in [1.82, 2.24) is 9.38 Å². The molecule has 0 aromatic carbocycles. The molecule has 0 bridgehead atoms. The van der Waals surface area contributed by atoms with Crippen molar-refractivity contribution in [3.05, 3.63) is 67.4 Å². The minimum absolute atomic E-state index is 0.000933. The van der Waals surface area contributed by atoms with Crippen molar-refractivity contribution >= 4 is 23.0 Å². The Labute approximate surface area is 161 Å². The molecule has 1 aliphatic rings. The van der Waals surface area contributed by atoms with E-state index in [1.807, 2.05) is 25.1 Å². The Bertz CT molecular complexity index is 1070. The SMILES string of the molecule is CCC1CCc2sc(C(=O)OCc3cc(=O)n4cccc(C)c4n3)cc2C1. The van der Waals surface area contributed by atoms with E-state index in [4.69, 9.17) is 4.74 Å². The van der Waals surface area contributed by atoms with Gasteiger partial charge in [0.15, 0.2) is 0 Å². The van der Waals surface area contributed by atoms with Crippen LogP contribution >= 0.6 is 11.3 Å². The molecule has 27 heavy (non-hydrogen) atoms. The molecule has 6 heteroatoms. The van der Waals surface area contributed by atoms with Gasteiger partial charge >= 0.3 is 5.97 Å². The summed E-state index contributed by atoms with van der Waals surface area (Å²) in [6.07, 6.45) is 6.17. The third-order valence-corrected chi connectivity index (χ3v) is 6.47. The molecule has 0 amide bonds. The second-order valence-corrected chi connectivity index (χ2v) is 8.26. The van der Waals surface area contributed by atoms with Crippen LogP contribution in [0.25, 0.3) is 5.65 Å². The molecule has 1 aliphatic carbocycles. The lowest BCUT2D eigenvalue weighted by Gasteiger charge is -2.19. The number of esters is 1. The van der Waals surface area contributed by atoms with Crippen LogP contribution in [0.3, 0.4) is 0 Å². The highest BCUT2D eigenvalue weighted by Gasteiger charge is 2.22. The van der Waals surface area contributed by atoms with Gasteiger partial charge in [0, 0.05) is 17.1 Å². The van der Waals surface area contributed by atoms with Crippen molar-refractivity contribution in [1.29, 1.82) is 0 Å². The van der Waals surface area contributed by atoms with Gasteiger partial charge < -0.3 is 4.74 Å². The topological polar surface area (TPSA) is 60.7 Å². The van der Waals surface area contributed by atoms with Gasteiger partial charge in [-0.3, -0.25) is 9.20 Å². The van der Waals surface area contributed by atoms with Gasteiger partial charge in [-0.05, 0) is 55.4 Å². The number of rotatable bonds is 4. The predicted octanol–water partition coefficient (Wildman–Crippen LogP) is 3.94. The first kappa shape index (κ1) is 17.9. The summed E-state index contributed by atoms with van der Waals surface area (Å²) in [5.74, 6) is 0.378. The monoisotopic (exact) mass is 382 g/mol. The Kier molecular flexibility index (Phi) is 4.83. The molecule has 5 nitrogen and oxygen atoms in total. The van der Waals surface area contributed by atoms with E-state index in [1.165, 1.54) is 45.1 Å². The third kappa shape index (κ3) is 3.54. The van der Waals surface area contributed by atoms with E-state index in [0.717, 1.165) is 18.4 Å². The van der Waals surface area contributed by atoms with Gasteiger partial charge in [-0.25, -0.2) is 9.78 Å². The molecular weight excluding hydrogens is 360 g/mol. The molecule has 4 rings (SSSR count). The summed E-state index contributed by atoms with van der Waals surface area (Å²) in [6.45, 7) is 4.12. The number of aromatic nitrogens is 2. The summed E-state index contributed by atoms with van der Waals surface area (Å²) in [7, 11) is 0. The van der Waals surface area contributed by atoms with Crippen molar-refractivity contribution in [2.24, 2.45) is 5.92 Å². The molecule has 0 radical (unpaired) electrons. The standard InChI is InChI=1S/C21H22N2O3S/c1-3-14-6-7-17-15(9-14)10-18(27-17)21(25)26-12-16-11-19(24)23-8-4-5-13(2)20(23)22-16/h4-5,8,10-11,14H,3,6-7,9,12H2,1-2H3. The largest absolute Gasteiger partial charge is 0.455 e. The van der Waals surface area contributed by atoms with E-state index in [2.05, 4.69) is 11.9 Å². The van der Waals surface area contributed by atoms with Crippen molar-refractivity contribution in [3.8, 4) is 0 Å². The predicted molar refractivity (Wildman–Crippen MR) is 105 cm³/mol. The summed E-state index contributed by atoms with van der Waals surface area (Å²) >= 11 is 1.54. The minimum Gasteiger partial charge on any atom is -0.455 e. The number of fused-ring (bicyclic) bond motifs is 2. The molecule has 3 heterocycles. The lowest BCUT2D eigenvalue weighted by Crippen LogP contribution is -2.17. The molecule has 0 saturated heterocycles. The van der Waals surface area contributed by atoms with E-state index in [1.54, 1.807) is 6.20 Å². The number of pyridine rings is 1. The first-order chi connectivity index (χ1) is 13.0. The fourth-order valence-corrected chi connectivity index (χ4v) is 4.74. The first-order valence-corrected chi connectivity index (χ1v) is 10.1. The normalized spacial score (nSPS) is 16.3. The van der Waals surface area contributed by atoms with Crippen LogP contribution in [0.5, 0.6) is 0 Å². The first-order valence-electron chi connectivity index (χ1n) is 9.31. The fraction of sp³-hybridized carbons (Fsp3) is 0.381. The lowest BCUT2D eigenvalue weighted by atomic mass is 9.87. The van der Waals surface area contributed by atoms with Gasteiger partial charge in [0.2, 0.25) is 0 Å². The number of carbonyl (C=O) groups is 1. The molecular formula is C21H22N2O3S. The highest BCUT2D eigenvalue weighted by Crippen LogP contribution is 2.33. The van der Waals surface area contributed by atoms with Gasteiger partial charge in [0.1, 0.15) is 17.1 Å². The highest BCUT2D eigenvalue weighted by atomic mass is 32.1. The molecule has 3 aromatic heterocycles. The quantitative estimate of drug-likeness (QED) is 0.642. The summed E-state index contributed by atoms with van der Waals surface area (Å²) < 4.78 is 6.95. The lowest BCUT2D eigenvalue weighted by molar-refractivity contribution is 0.0473. The van der Waals surface area contributed by atoms with E-state index < -0.39 is 0 Å². The van der Waals surface area contributed by atoms with Crippen molar-refractivity contribution in [3.63, 3.8) is 0 Å². The van der Waals surface area contributed by atoms with Crippen molar-refractivity contribution in [2.75, 3.05) is 0 Å². The number of carbonyl (C=O) groups excluding carboxylic acids is 1. The van der Waals surface area contributed by atoms with Crippen LogP contribution in [0.4, 0.5) is 0 Å². The van der Waals surface area contributed by atoms with E-state index >= 15 is 0 Å². The summed E-state index contributed by atoms with van der Waals surface area (Å²) in [4.78, 5) is 31.2. The van der Waals surface area contributed by atoms with Crippen LogP contribution in [0, 0.1) is 12.8 Å². The van der Waals surface area contributed by atoms with Crippen LogP contribution in [-0.4, -0.2) is 15.4 Å². The molecule has 0 N–H and O–H groups in total. The van der Waals surface area contributed by atoms with Crippen LogP contribution in [0.2, 0.25) is 0 Å². The number of nitrogens with zero attached hydrogens (tertiary/aromatic N) is 2. The van der Waals surface area contributed by atoms with Gasteiger partial charge in [-0.2, -0.15) is 0 Å².